The summed E-state index contributed by atoms with van der Waals surface area (Å²) in [4.78, 5) is 16.7. The minimum atomic E-state index is -0.649. The first kappa shape index (κ1) is 29.5. The third-order valence-electron chi connectivity index (χ3n) is 7.38. The van der Waals surface area contributed by atoms with Crippen molar-refractivity contribution in [2.75, 3.05) is 39.3 Å². The van der Waals surface area contributed by atoms with Crippen LogP contribution in [-0.4, -0.2) is 78.5 Å². The Morgan fingerprint density at radius 2 is 1.37 bits per heavy atom. The third-order valence-corrected chi connectivity index (χ3v) is 7.88. The minimum Gasteiger partial charge on any atom is -0.491 e. The molecule has 2 aliphatic heterocycles. The Morgan fingerprint density at radius 1 is 0.829 bits per heavy atom. The van der Waals surface area contributed by atoms with Crippen molar-refractivity contribution < 1.29 is 24.1 Å². The summed E-state index contributed by atoms with van der Waals surface area (Å²) in [5, 5.41) is 11.9. The van der Waals surface area contributed by atoms with Crippen molar-refractivity contribution in [3.63, 3.8) is 0 Å². The lowest BCUT2D eigenvalue weighted by atomic mass is 10.0. The van der Waals surface area contributed by atoms with Gasteiger partial charge in [-0.3, -0.25) is 14.6 Å². The van der Waals surface area contributed by atoms with Crippen LogP contribution in [0.5, 0.6) is 17.2 Å². The average molecular weight is 601 g/mol. The van der Waals surface area contributed by atoms with Crippen molar-refractivity contribution in [2.24, 2.45) is 5.73 Å². The predicted molar refractivity (Wildman–Crippen MR) is 159 cm³/mol. The van der Waals surface area contributed by atoms with Gasteiger partial charge in [-0.15, -0.1) is 0 Å². The van der Waals surface area contributed by atoms with Crippen LogP contribution in [-0.2, 0) is 4.79 Å². The first-order chi connectivity index (χ1) is 19.8. The Balaban J connectivity index is 1.07. The number of carbonyl (C=O) groups excluding carboxylic acids is 1. The number of nitrogens with two attached hydrogens (primary N) is 1. The second-order valence-corrected chi connectivity index (χ2v) is 11.4. The van der Waals surface area contributed by atoms with Crippen molar-refractivity contribution in [2.45, 2.75) is 37.2 Å². The molecule has 3 aromatic carbocycles. The van der Waals surface area contributed by atoms with Crippen LogP contribution in [0.3, 0.4) is 0 Å². The lowest BCUT2D eigenvalue weighted by Crippen LogP contribution is -2.37. The van der Waals surface area contributed by atoms with E-state index in [9.17, 15) is 9.90 Å². The molecule has 0 radical (unpaired) electrons. The Morgan fingerprint density at radius 3 is 1.95 bits per heavy atom. The molecule has 3 N–H and O–H groups in total. The van der Waals surface area contributed by atoms with Gasteiger partial charge in [-0.1, -0.05) is 35.3 Å². The molecule has 0 aromatic heterocycles. The summed E-state index contributed by atoms with van der Waals surface area (Å²) in [7, 11) is 0. The van der Waals surface area contributed by atoms with E-state index in [0.717, 1.165) is 43.0 Å². The molecule has 0 saturated carbocycles. The highest BCUT2D eigenvalue weighted by molar-refractivity contribution is 6.30. The molecule has 2 saturated heterocycles. The smallest absolute Gasteiger partial charge is 0.239 e. The summed E-state index contributed by atoms with van der Waals surface area (Å²) < 4.78 is 17.9. The minimum absolute atomic E-state index is 0.0444. The van der Waals surface area contributed by atoms with E-state index in [4.69, 9.17) is 43.1 Å². The van der Waals surface area contributed by atoms with Gasteiger partial charge < -0.3 is 25.1 Å². The van der Waals surface area contributed by atoms with Gasteiger partial charge >= 0.3 is 0 Å². The van der Waals surface area contributed by atoms with Gasteiger partial charge in [-0.05, 0) is 79.1 Å². The van der Waals surface area contributed by atoms with Crippen LogP contribution in [0.25, 0.3) is 0 Å². The predicted octanol–water partition coefficient (Wildman–Crippen LogP) is 4.57. The fourth-order valence-corrected chi connectivity index (χ4v) is 5.65. The van der Waals surface area contributed by atoms with Crippen molar-refractivity contribution >= 4 is 29.1 Å². The maximum absolute atomic E-state index is 12.4. The molecule has 1 unspecified atom stereocenters. The van der Waals surface area contributed by atoms with Gasteiger partial charge in [0, 0.05) is 42.8 Å². The lowest BCUT2D eigenvalue weighted by Gasteiger charge is -2.26. The molecule has 0 aliphatic carbocycles. The maximum Gasteiger partial charge on any atom is 0.239 e. The maximum atomic E-state index is 12.4. The number of aliphatic hydroxyl groups excluding tert-OH is 1. The number of β-amino-alcohol motifs (C(OH)–C–C–N with tert-alkyl or cyclic N) is 1. The summed E-state index contributed by atoms with van der Waals surface area (Å²) in [6.45, 7) is 3.52. The number of carbonyl (C=O) groups is 1. The monoisotopic (exact) mass is 599 g/mol. The van der Waals surface area contributed by atoms with Crippen LogP contribution in [0.15, 0.2) is 72.8 Å². The summed E-state index contributed by atoms with van der Waals surface area (Å²) in [5.41, 5.74) is 6.61. The number of primary amides is 1. The molecule has 218 valence electrons. The van der Waals surface area contributed by atoms with Crippen molar-refractivity contribution in [1.29, 1.82) is 0 Å². The molecule has 2 fully saturated rings. The van der Waals surface area contributed by atoms with Gasteiger partial charge in [-0.2, -0.15) is 0 Å². The van der Waals surface area contributed by atoms with E-state index in [1.165, 1.54) is 0 Å². The molecule has 1 amide bonds. The van der Waals surface area contributed by atoms with E-state index in [1.807, 2.05) is 65.6 Å². The fraction of sp³-hybridized carbons (Fsp3) is 0.387. The van der Waals surface area contributed by atoms with E-state index in [-0.39, 0.29) is 18.8 Å². The van der Waals surface area contributed by atoms with Crippen LogP contribution >= 0.6 is 23.2 Å². The topological polar surface area (TPSA) is 97.5 Å². The third kappa shape index (κ3) is 8.27. The fourth-order valence-electron chi connectivity index (χ4n) is 5.40. The second-order valence-electron chi connectivity index (χ2n) is 10.6. The first-order valence-electron chi connectivity index (χ1n) is 13.8. The highest BCUT2D eigenvalue weighted by atomic mass is 35.5. The van der Waals surface area contributed by atoms with Gasteiger partial charge in [0.2, 0.25) is 5.91 Å². The van der Waals surface area contributed by atoms with E-state index in [1.54, 1.807) is 12.1 Å². The molecule has 10 heteroatoms. The molecule has 3 aromatic rings. The van der Waals surface area contributed by atoms with Gasteiger partial charge in [0.05, 0.1) is 0 Å². The zero-order chi connectivity index (χ0) is 28.8. The molecule has 2 aliphatic rings. The largest absolute Gasteiger partial charge is 0.491 e. The van der Waals surface area contributed by atoms with E-state index in [0.29, 0.717) is 35.4 Å². The Kier molecular flexibility index (Phi) is 9.90. The molecule has 41 heavy (non-hydrogen) atoms. The van der Waals surface area contributed by atoms with Crippen LogP contribution in [0.2, 0.25) is 10.0 Å². The molecule has 5 rings (SSSR count). The summed E-state index contributed by atoms with van der Waals surface area (Å²) in [5.74, 6) is 1.75. The normalized spacial score (nSPS) is 21.0. The molecule has 2 heterocycles. The summed E-state index contributed by atoms with van der Waals surface area (Å²) in [6, 6.07) is 21.4. The number of benzene rings is 3. The molecule has 4 atom stereocenters. The number of amides is 1. The van der Waals surface area contributed by atoms with Crippen LogP contribution < -0.4 is 19.9 Å². The second kappa shape index (κ2) is 13.8. The summed E-state index contributed by atoms with van der Waals surface area (Å²) >= 11 is 11.9. The lowest BCUT2D eigenvalue weighted by molar-refractivity contribution is -0.123. The van der Waals surface area contributed by atoms with Crippen LogP contribution in [0.4, 0.5) is 0 Å². The molecular formula is C31H35Cl2N3O5. The van der Waals surface area contributed by atoms with Crippen LogP contribution in [0, 0.1) is 0 Å². The Labute approximate surface area is 250 Å². The highest BCUT2D eigenvalue weighted by Gasteiger charge is 2.33. The number of hydrogen-bond donors (Lipinski definition) is 2. The zero-order valence-electron chi connectivity index (χ0n) is 22.7. The first-order valence-corrected chi connectivity index (χ1v) is 14.6. The number of ether oxygens (including phenoxy) is 3. The highest BCUT2D eigenvalue weighted by Crippen LogP contribution is 2.29. The number of likely N-dealkylation sites (tertiary alicyclic amines) is 2. The van der Waals surface area contributed by atoms with Gasteiger partial charge in [0.15, 0.2) is 0 Å². The number of rotatable bonds is 12. The Hall–Kier alpha value is -3.01. The summed E-state index contributed by atoms with van der Waals surface area (Å²) in [6.07, 6.45) is 1.06. The standard InChI is InChI=1S/C31H35Cl2N3O5/c32-22-3-9-26(10-4-22)40-28-13-15-35(18-28)17-24(37)20-39-25-7-1-21(2-8-25)30(31(34)38)36-16-14-29(19-36)41-27-11-5-23(33)6-12-27/h1-12,24,28-30,37H,13-20H2,(H2,34,38)/t24-,28-,29-,30?/m0/s1. The zero-order valence-corrected chi connectivity index (χ0v) is 24.2. The average Bonchev–Trinajstić information content (AvgIpc) is 3.60. The van der Waals surface area contributed by atoms with Gasteiger partial charge in [-0.25, -0.2) is 0 Å². The quantitative estimate of drug-likeness (QED) is 0.315. The van der Waals surface area contributed by atoms with Crippen molar-refractivity contribution in [1.82, 2.24) is 9.80 Å². The molecule has 0 spiro atoms. The van der Waals surface area contributed by atoms with Gasteiger partial charge in [0.25, 0.3) is 0 Å². The molecule has 0 bridgehead atoms. The molecule has 8 nitrogen and oxygen atoms in total. The number of nitrogens with zero attached hydrogens (tertiary/aromatic N) is 2. The van der Waals surface area contributed by atoms with Gasteiger partial charge in [0.1, 0.15) is 48.2 Å². The molecular weight excluding hydrogens is 565 g/mol. The van der Waals surface area contributed by atoms with E-state index >= 15 is 0 Å². The van der Waals surface area contributed by atoms with Crippen molar-refractivity contribution in [3.05, 3.63) is 88.4 Å². The van der Waals surface area contributed by atoms with Crippen molar-refractivity contribution in [3.8, 4) is 17.2 Å². The number of aliphatic hydroxyl groups is 1. The van der Waals surface area contributed by atoms with E-state index < -0.39 is 18.1 Å². The number of hydrogen-bond acceptors (Lipinski definition) is 7. The number of halogens is 2. The van der Waals surface area contributed by atoms with E-state index in [2.05, 4.69) is 4.90 Å². The SMILES string of the molecule is NC(=O)C(c1ccc(OC[C@@H](O)CN2CC[C@H](Oc3ccc(Cl)cc3)C2)cc1)N1CC[C@H](Oc2ccc(Cl)cc2)C1. The van der Waals surface area contributed by atoms with Crippen LogP contribution in [0.1, 0.15) is 24.4 Å². The Bertz CT molecular complexity index is 1280.